The largest absolute Gasteiger partial charge is 0.462 e. The molecule has 30 heavy (non-hydrogen) atoms. The molecule has 5 nitrogen and oxygen atoms in total. The van der Waals surface area contributed by atoms with E-state index in [0.29, 0.717) is 24.4 Å². The lowest BCUT2D eigenvalue weighted by Crippen LogP contribution is -2.58. The first-order valence-electron chi connectivity index (χ1n) is 12.0. The van der Waals surface area contributed by atoms with Crippen molar-refractivity contribution in [2.75, 3.05) is 0 Å². The van der Waals surface area contributed by atoms with Gasteiger partial charge in [-0.15, -0.1) is 0 Å². The van der Waals surface area contributed by atoms with Crippen molar-refractivity contribution in [3.8, 4) is 0 Å². The van der Waals surface area contributed by atoms with Crippen LogP contribution in [0.4, 0.5) is 0 Å². The Hall–Kier alpha value is -0.650. The molecule has 2 unspecified atom stereocenters. The lowest BCUT2D eigenvalue weighted by molar-refractivity contribution is -0.168. The molecule has 0 radical (unpaired) electrons. The fraction of sp³-hybridized carbons (Fsp3) is 0.960. The summed E-state index contributed by atoms with van der Waals surface area (Å²) in [7, 11) is 0. The fourth-order valence-electron chi connectivity index (χ4n) is 4.60. The molecule has 0 aromatic heterocycles. The maximum absolute atomic E-state index is 13.2. The minimum atomic E-state index is -0.819. The van der Waals surface area contributed by atoms with Crippen LogP contribution in [0.15, 0.2) is 0 Å². The normalized spacial score (nSPS) is 24.0. The predicted octanol–water partition coefficient (Wildman–Crippen LogP) is 5.19. The van der Waals surface area contributed by atoms with Gasteiger partial charge >= 0.3 is 5.97 Å². The summed E-state index contributed by atoms with van der Waals surface area (Å²) in [6, 6.07) is 0. The van der Waals surface area contributed by atoms with Crippen LogP contribution in [0.25, 0.3) is 0 Å². The summed E-state index contributed by atoms with van der Waals surface area (Å²) in [5.41, 5.74) is 10.6. The average Bonchev–Trinajstić information content (AvgIpc) is 2.56. The van der Waals surface area contributed by atoms with Gasteiger partial charge in [-0.05, 0) is 105 Å². The van der Waals surface area contributed by atoms with E-state index in [1.807, 2.05) is 34.6 Å². The van der Waals surface area contributed by atoms with Crippen molar-refractivity contribution >= 4 is 5.97 Å². The summed E-state index contributed by atoms with van der Waals surface area (Å²) in [5, 5.41) is 0. The van der Waals surface area contributed by atoms with Crippen molar-refractivity contribution in [3.63, 3.8) is 0 Å². The van der Waals surface area contributed by atoms with Crippen LogP contribution in [0.3, 0.4) is 0 Å². The predicted molar refractivity (Wildman–Crippen MR) is 125 cm³/mol. The molecule has 1 fully saturated rings. The number of carbonyl (C=O) groups excluding carboxylic acids is 1. The highest BCUT2D eigenvalue weighted by molar-refractivity contribution is 5.78. The Morgan fingerprint density at radius 1 is 0.967 bits per heavy atom. The first-order valence-corrected chi connectivity index (χ1v) is 12.0. The van der Waals surface area contributed by atoms with Crippen LogP contribution in [0.5, 0.6) is 0 Å². The van der Waals surface area contributed by atoms with Gasteiger partial charge in [0, 0.05) is 11.1 Å². The van der Waals surface area contributed by atoms with E-state index in [9.17, 15) is 4.79 Å². The molecule has 2 atom stereocenters. The van der Waals surface area contributed by atoms with Crippen LogP contribution in [0, 0.1) is 17.3 Å². The van der Waals surface area contributed by atoms with E-state index < -0.39 is 16.5 Å². The molecule has 0 amide bonds. The third kappa shape index (κ3) is 8.47. The molecule has 0 aromatic carbocycles. The molecule has 0 aromatic rings. The van der Waals surface area contributed by atoms with Gasteiger partial charge in [0.1, 0.15) is 6.10 Å². The molecule has 1 aliphatic rings. The summed E-state index contributed by atoms with van der Waals surface area (Å²) in [6.45, 7) is 18.2. The Labute approximate surface area is 186 Å². The smallest absolute Gasteiger partial charge is 0.313 e. The third-order valence-electron chi connectivity index (χ3n) is 6.80. The molecule has 0 aliphatic heterocycles. The summed E-state index contributed by atoms with van der Waals surface area (Å²) < 4.78 is 12.1. The lowest BCUT2D eigenvalue weighted by atomic mass is 9.67. The first kappa shape index (κ1) is 27.4. The number of rotatable bonds is 11. The number of nitrogens with two attached hydrogens (primary N) is 2. The Morgan fingerprint density at radius 3 is 1.90 bits per heavy atom. The van der Waals surface area contributed by atoms with E-state index >= 15 is 0 Å². The zero-order valence-corrected chi connectivity index (χ0v) is 21.2. The van der Waals surface area contributed by atoms with Crippen molar-refractivity contribution in [1.29, 1.82) is 0 Å². The standard InChI is InChI=1S/C25H50N2O3/c1-17(2)21(29-18(3)4)15-12-19-10-13-20(14-11-19)30-22(28)25(9,24(7,8)27)16-23(5,6)26/h17-21H,10-16,26-27H2,1-9H3. The van der Waals surface area contributed by atoms with Gasteiger partial charge in [0.15, 0.2) is 0 Å². The SMILES string of the molecule is CC(C)OC(CCC1CCC(OC(=O)C(C)(CC(C)(C)N)C(C)(C)N)CC1)C(C)C. The molecule has 0 heterocycles. The van der Waals surface area contributed by atoms with E-state index in [0.717, 1.165) is 32.1 Å². The number of hydrogen-bond acceptors (Lipinski definition) is 5. The van der Waals surface area contributed by atoms with Crippen molar-refractivity contribution in [2.45, 2.75) is 137 Å². The minimum absolute atomic E-state index is 0.0101. The van der Waals surface area contributed by atoms with E-state index in [-0.39, 0.29) is 18.2 Å². The number of carbonyl (C=O) groups is 1. The van der Waals surface area contributed by atoms with Gasteiger partial charge in [-0.1, -0.05) is 13.8 Å². The van der Waals surface area contributed by atoms with Crippen LogP contribution in [0.1, 0.15) is 107 Å². The maximum atomic E-state index is 13.2. The van der Waals surface area contributed by atoms with Crippen molar-refractivity contribution < 1.29 is 14.3 Å². The van der Waals surface area contributed by atoms with Gasteiger partial charge in [-0.25, -0.2) is 0 Å². The zero-order chi connectivity index (χ0) is 23.3. The Balaban J connectivity index is 2.59. The number of esters is 1. The summed E-state index contributed by atoms with van der Waals surface area (Å²) >= 11 is 0. The van der Waals surface area contributed by atoms with Gasteiger partial charge in [0.05, 0.1) is 17.6 Å². The first-order chi connectivity index (χ1) is 13.5. The van der Waals surface area contributed by atoms with Gasteiger partial charge < -0.3 is 20.9 Å². The lowest BCUT2D eigenvalue weighted by Gasteiger charge is -2.44. The minimum Gasteiger partial charge on any atom is -0.462 e. The molecular weight excluding hydrogens is 376 g/mol. The molecule has 1 saturated carbocycles. The highest BCUT2D eigenvalue weighted by atomic mass is 16.5. The second kappa shape index (κ2) is 10.8. The summed E-state index contributed by atoms with van der Waals surface area (Å²) in [4.78, 5) is 13.2. The van der Waals surface area contributed by atoms with E-state index in [1.165, 1.54) is 6.42 Å². The quantitative estimate of drug-likeness (QED) is 0.444. The molecule has 5 heteroatoms. The Bertz CT molecular complexity index is 525. The second-order valence-electron chi connectivity index (χ2n) is 11.8. The van der Waals surface area contributed by atoms with E-state index in [4.69, 9.17) is 20.9 Å². The van der Waals surface area contributed by atoms with Crippen LogP contribution in [0.2, 0.25) is 0 Å². The molecular formula is C25H50N2O3. The topological polar surface area (TPSA) is 87.6 Å². The van der Waals surface area contributed by atoms with Gasteiger partial charge in [-0.3, -0.25) is 4.79 Å². The number of ether oxygens (including phenoxy) is 2. The van der Waals surface area contributed by atoms with Crippen LogP contribution in [-0.4, -0.2) is 35.4 Å². The highest BCUT2D eigenvalue weighted by Gasteiger charge is 2.49. The van der Waals surface area contributed by atoms with Gasteiger partial charge in [0.2, 0.25) is 0 Å². The van der Waals surface area contributed by atoms with E-state index in [1.54, 1.807) is 0 Å². The maximum Gasteiger partial charge on any atom is 0.313 e. The molecule has 4 N–H and O–H groups in total. The fourth-order valence-corrected chi connectivity index (χ4v) is 4.60. The third-order valence-corrected chi connectivity index (χ3v) is 6.80. The molecule has 178 valence electrons. The molecule has 1 rings (SSSR count). The van der Waals surface area contributed by atoms with Crippen molar-refractivity contribution in [3.05, 3.63) is 0 Å². The second-order valence-corrected chi connectivity index (χ2v) is 11.8. The Morgan fingerprint density at radius 2 is 1.50 bits per heavy atom. The van der Waals surface area contributed by atoms with Crippen LogP contribution < -0.4 is 11.5 Å². The highest BCUT2D eigenvalue weighted by Crippen LogP contribution is 2.39. The van der Waals surface area contributed by atoms with Crippen molar-refractivity contribution in [1.82, 2.24) is 0 Å². The molecule has 0 spiro atoms. The molecule has 0 saturated heterocycles. The summed E-state index contributed by atoms with van der Waals surface area (Å²) in [5.74, 6) is 1.02. The monoisotopic (exact) mass is 426 g/mol. The van der Waals surface area contributed by atoms with Crippen LogP contribution >= 0.6 is 0 Å². The van der Waals surface area contributed by atoms with Crippen LogP contribution in [-0.2, 0) is 14.3 Å². The van der Waals surface area contributed by atoms with E-state index in [2.05, 4.69) is 27.7 Å². The Kier molecular flexibility index (Phi) is 9.84. The van der Waals surface area contributed by atoms with Crippen molar-refractivity contribution in [2.24, 2.45) is 28.7 Å². The molecule has 0 bridgehead atoms. The molecule has 1 aliphatic carbocycles. The number of hydrogen-bond donors (Lipinski definition) is 2. The average molecular weight is 427 g/mol. The van der Waals surface area contributed by atoms with Gasteiger partial charge in [0.25, 0.3) is 0 Å². The zero-order valence-electron chi connectivity index (χ0n) is 21.2. The van der Waals surface area contributed by atoms with Gasteiger partial charge in [-0.2, -0.15) is 0 Å². The summed E-state index contributed by atoms with van der Waals surface area (Å²) in [6.07, 6.45) is 7.45.